The largest absolute Gasteiger partial charge is 0.481 e. The summed E-state index contributed by atoms with van der Waals surface area (Å²) >= 11 is 0. The number of anilines is 1. The predicted octanol–water partition coefficient (Wildman–Crippen LogP) is 1.92. The Morgan fingerprint density at radius 1 is 1.29 bits per heavy atom. The van der Waals surface area contributed by atoms with Gasteiger partial charge in [-0.1, -0.05) is 18.6 Å². The van der Waals surface area contributed by atoms with Crippen LogP contribution >= 0.6 is 0 Å². The van der Waals surface area contributed by atoms with Gasteiger partial charge in [-0.15, -0.1) is 0 Å². The second kappa shape index (κ2) is 5.39. The molecule has 5 heteroatoms. The van der Waals surface area contributed by atoms with E-state index in [0.717, 1.165) is 12.0 Å². The Morgan fingerprint density at radius 3 is 2.29 bits per heavy atom. The molecule has 0 saturated heterocycles. The van der Waals surface area contributed by atoms with Crippen molar-refractivity contribution in [1.82, 2.24) is 5.32 Å². The molecule has 1 aromatic carbocycles. The highest BCUT2D eigenvalue weighted by Crippen LogP contribution is 2.40. The quantitative estimate of drug-likeness (QED) is 0.722. The highest BCUT2D eigenvalue weighted by Gasteiger charge is 2.45. The molecule has 1 fully saturated rings. The standard InChI is InChI=1S/C16H22N2O3/c1-15(2,11-4-6-12(17)7-5-11)13(19)18-10-16(14(20)21)8-3-9-16/h4-7H,3,8-10,17H2,1-2H3,(H,18,19)(H,20,21). The van der Waals surface area contributed by atoms with E-state index in [1.807, 2.05) is 26.0 Å². The van der Waals surface area contributed by atoms with E-state index >= 15 is 0 Å². The zero-order valence-corrected chi connectivity index (χ0v) is 12.5. The number of hydrogen-bond acceptors (Lipinski definition) is 3. The van der Waals surface area contributed by atoms with Crippen molar-refractivity contribution in [3.8, 4) is 0 Å². The van der Waals surface area contributed by atoms with Crippen LogP contribution in [0.25, 0.3) is 0 Å². The maximum Gasteiger partial charge on any atom is 0.311 e. The summed E-state index contributed by atoms with van der Waals surface area (Å²) < 4.78 is 0. The van der Waals surface area contributed by atoms with Crippen LogP contribution in [0.2, 0.25) is 0 Å². The van der Waals surface area contributed by atoms with E-state index in [1.54, 1.807) is 12.1 Å². The Morgan fingerprint density at radius 2 is 1.86 bits per heavy atom. The van der Waals surface area contributed by atoms with Crippen LogP contribution in [0, 0.1) is 5.41 Å². The molecule has 0 aliphatic heterocycles. The van der Waals surface area contributed by atoms with Gasteiger partial charge in [0.05, 0.1) is 10.8 Å². The highest BCUT2D eigenvalue weighted by molar-refractivity contribution is 5.88. The Kier molecular flexibility index (Phi) is 3.94. The summed E-state index contributed by atoms with van der Waals surface area (Å²) in [6.07, 6.45) is 2.17. The fourth-order valence-corrected chi connectivity index (χ4v) is 2.57. The number of carboxylic acid groups (broad SMARTS) is 1. The summed E-state index contributed by atoms with van der Waals surface area (Å²) in [7, 11) is 0. The molecule has 0 radical (unpaired) electrons. The minimum Gasteiger partial charge on any atom is -0.481 e. The summed E-state index contributed by atoms with van der Waals surface area (Å²) in [5.74, 6) is -0.987. The summed E-state index contributed by atoms with van der Waals surface area (Å²) in [6.45, 7) is 3.84. The zero-order valence-electron chi connectivity index (χ0n) is 12.5. The summed E-state index contributed by atoms with van der Waals surface area (Å²) in [5.41, 5.74) is 5.66. The van der Waals surface area contributed by atoms with Crippen LogP contribution in [0.3, 0.4) is 0 Å². The lowest BCUT2D eigenvalue weighted by molar-refractivity contribution is -0.154. The van der Waals surface area contributed by atoms with Gasteiger partial charge in [0.15, 0.2) is 0 Å². The molecule has 0 spiro atoms. The van der Waals surface area contributed by atoms with Gasteiger partial charge in [-0.3, -0.25) is 9.59 Å². The third-order valence-electron chi connectivity index (χ3n) is 4.55. The topological polar surface area (TPSA) is 92.4 Å². The molecule has 114 valence electrons. The number of carbonyl (C=O) groups excluding carboxylic acids is 1. The Bertz CT molecular complexity index is 545. The zero-order chi connectivity index (χ0) is 15.7. The van der Waals surface area contributed by atoms with Gasteiger partial charge in [-0.05, 0) is 44.4 Å². The van der Waals surface area contributed by atoms with Gasteiger partial charge in [-0.2, -0.15) is 0 Å². The number of nitrogen functional groups attached to an aromatic ring is 1. The molecular weight excluding hydrogens is 268 g/mol. The summed E-state index contributed by atoms with van der Waals surface area (Å²) in [4.78, 5) is 23.7. The minimum atomic E-state index is -0.820. The molecule has 1 amide bonds. The van der Waals surface area contributed by atoms with E-state index in [9.17, 15) is 14.7 Å². The van der Waals surface area contributed by atoms with Gasteiger partial charge in [0.2, 0.25) is 5.91 Å². The van der Waals surface area contributed by atoms with E-state index in [1.165, 1.54) is 0 Å². The highest BCUT2D eigenvalue weighted by atomic mass is 16.4. The lowest BCUT2D eigenvalue weighted by Crippen LogP contribution is -2.50. The van der Waals surface area contributed by atoms with Gasteiger partial charge in [0.25, 0.3) is 0 Å². The van der Waals surface area contributed by atoms with E-state index in [2.05, 4.69) is 5.32 Å². The van der Waals surface area contributed by atoms with Crippen LogP contribution in [-0.4, -0.2) is 23.5 Å². The van der Waals surface area contributed by atoms with Crippen LogP contribution in [0.4, 0.5) is 5.69 Å². The van der Waals surface area contributed by atoms with Crippen molar-refractivity contribution in [1.29, 1.82) is 0 Å². The van der Waals surface area contributed by atoms with Crippen molar-refractivity contribution in [2.75, 3.05) is 12.3 Å². The second-order valence-corrected chi connectivity index (χ2v) is 6.37. The Labute approximate surface area is 124 Å². The molecular formula is C16H22N2O3. The monoisotopic (exact) mass is 290 g/mol. The summed E-state index contributed by atoms with van der Waals surface area (Å²) in [5, 5.41) is 12.1. The van der Waals surface area contributed by atoms with Gasteiger partial charge in [-0.25, -0.2) is 0 Å². The number of nitrogens with one attached hydrogen (secondary N) is 1. The Balaban J connectivity index is 2.05. The Hall–Kier alpha value is -2.04. The molecule has 0 aromatic heterocycles. The molecule has 0 atom stereocenters. The molecule has 0 bridgehead atoms. The van der Waals surface area contributed by atoms with Crippen LogP contribution in [0.5, 0.6) is 0 Å². The van der Waals surface area contributed by atoms with E-state index in [4.69, 9.17) is 5.73 Å². The molecule has 0 unspecified atom stereocenters. The van der Waals surface area contributed by atoms with Crippen LogP contribution in [0.15, 0.2) is 24.3 Å². The number of carbonyl (C=O) groups is 2. The lowest BCUT2D eigenvalue weighted by Gasteiger charge is -2.38. The van der Waals surface area contributed by atoms with E-state index in [-0.39, 0.29) is 12.5 Å². The average Bonchev–Trinajstić information content (AvgIpc) is 2.37. The number of benzene rings is 1. The fourth-order valence-electron chi connectivity index (χ4n) is 2.57. The molecule has 1 aromatic rings. The third kappa shape index (κ3) is 2.86. The van der Waals surface area contributed by atoms with E-state index in [0.29, 0.717) is 18.5 Å². The minimum absolute atomic E-state index is 0.167. The number of aliphatic carboxylic acids is 1. The molecule has 4 N–H and O–H groups in total. The first-order valence-corrected chi connectivity index (χ1v) is 7.16. The maximum absolute atomic E-state index is 12.4. The number of amides is 1. The number of rotatable bonds is 5. The van der Waals surface area contributed by atoms with Crippen molar-refractivity contribution in [3.05, 3.63) is 29.8 Å². The molecule has 21 heavy (non-hydrogen) atoms. The van der Waals surface area contributed by atoms with Crippen molar-refractivity contribution >= 4 is 17.6 Å². The molecule has 1 aliphatic rings. The predicted molar refractivity (Wildman–Crippen MR) is 80.8 cm³/mol. The SMILES string of the molecule is CC(C)(C(=O)NCC1(C(=O)O)CCC1)c1ccc(N)cc1. The van der Waals surface area contributed by atoms with Crippen molar-refractivity contribution in [3.63, 3.8) is 0 Å². The molecule has 1 aliphatic carbocycles. The van der Waals surface area contributed by atoms with Gasteiger partial charge >= 0.3 is 5.97 Å². The first-order valence-electron chi connectivity index (χ1n) is 7.16. The average molecular weight is 290 g/mol. The van der Waals surface area contributed by atoms with Crippen LogP contribution < -0.4 is 11.1 Å². The first kappa shape index (κ1) is 15.4. The summed E-state index contributed by atoms with van der Waals surface area (Å²) in [6, 6.07) is 7.17. The maximum atomic E-state index is 12.4. The van der Waals surface area contributed by atoms with Crippen LogP contribution in [0.1, 0.15) is 38.7 Å². The van der Waals surface area contributed by atoms with E-state index < -0.39 is 16.8 Å². The third-order valence-corrected chi connectivity index (χ3v) is 4.55. The van der Waals surface area contributed by atoms with Gasteiger partial charge in [0.1, 0.15) is 0 Å². The second-order valence-electron chi connectivity index (χ2n) is 6.37. The fraction of sp³-hybridized carbons (Fsp3) is 0.500. The van der Waals surface area contributed by atoms with Gasteiger partial charge in [0, 0.05) is 12.2 Å². The van der Waals surface area contributed by atoms with Crippen molar-refractivity contribution < 1.29 is 14.7 Å². The molecule has 0 heterocycles. The number of nitrogens with two attached hydrogens (primary N) is 1. The number of carboxylic acids is 1. The smallest absolute Gasteiger partial charge is 0.311 e. The first-order chi connectivity index (χ1) is 9.78. The molecule has 5 nitrogen and oxygen atoms in total. The van der Waals surface area contributed by atoms with Crippen LogP contribution in [-0.2, 0) is 15.0 Å². The normalized spacial score (nSPS) is 16.9. The van der Waals surface area contributed by atoms with Gasteiger partial charge < -0.3 is 16.2 Å². The molecule has 2 rings (SSSR count). The lowest BCUT2D eigenvalue weighted by atomic mass is 9.68. The number of hydrogen-bond donors (Lipinski definition) is 3. The van der Waals surface area contributed by atoms with Crippen molar-refractivity contribution in [2.24, 2.45) is 5.41 Å². The van der Waals surface area contributed by atoms with Crippen molar-refractivity contribution in [2.45, 2.75) is 38.5 Å². The molecule has 1 saturated carbocycles.